The van der Waals surface area contributed by atoms with E-state index < -0.39 is 0 Å². The van der Waals surface area contributed by atoms with Crippen LogP contribution in [0.3, 0.4) is 0 Å². The molecule has 0 radical (unpaired) electrons. The smallest absolute Gasteiger partial charge is 0.0992 e. The van der Waals surface area contributed by atoms with Gasteiger partial charge in [-0.05, 0) is 30.4 Å². The third-order valence-electron chi connectivity index (χ3n) is 2.48. The lowest BCUT2D eigenvalue weighted by molar-refractivity contribution is 1.05. The molecule has 0 unspecified atom stereocenters. The average Bonchev–Trinajstić information content (AvgIpc) is 2.84. The summed E-state index contributed by atoms with van der Waals surface area (Å²) in [6.45, 7) is 0. The Hall–Kier alpha value is -1.31. The van der Waals surface area contributed by atoms with Gasteiger partial charge >= 0.3 is 0 Å². The van der Waals surface area contributed by atoms with Crippen molar-refractivity contribution in [1.29, 1.82) is 0 Å². The zero-order valence-corrected chi connectivity index (χ0v) is 6.77. The molecule has 0 atom stereocenters. The minimum absolute atomic E-state index is 0.830. The van der Waals surface area contributed by atoms with Crippen molar-refractivity contribution in [3.8, 4) is 0 Å². The van der Waals surface area contributed by atoms with Crippen LogP contribution in [-0.2, 0) is 0 Å². The van der Waals surface area contributed by atoms with Gasteiger partial charge in [0.25, 0.3) is 0 Å². The number of rotatable bonds is 1. The van der Waals surface area contributed by atoms with Crippen LogP contribution < -0.4 is 0 Å². The molecule has 0 aromatic carbocycles. The topological polar surface area (TPSA) is 17.3 Å². The van der Waals surface area contributed by atoms with E-state index in [9.17, 15) is 0 Å². The molecule has 1 saturated carbocycles. The van der Waals surface area contributed by atoms with Crippen molar-refractivity contribution in [2.45, 2.75) is 18.8 Å². The number of imidazole rings is 1. The maximum absolute atomic E-state index is 4.09. The maximum atomic E-state index is 4.09. The third-order valence-corrected chi connectivity index (χ3v) is 2.48. The Balaban J connectivity index is 2.21. The van der Waals surface area contributed by atoms with Crippen LogP contribution in [0, 0.1) is 0 Å². The van der Waals surface area contributed by atoms with Crippen LogP contribution in [0.1, 0.15) is 24.3 Å². The first-order valence-electron chi connectivity index (χ1n) is 4.35. The molecule has 1 aliphatic rings. The lowest BCUT2D eigenvalue weighted by atomic mass is 10.2. The lowest BCUT2D eigenvalue weighted by Crippen LogP contribution is -1.85. The first kappa shape index (κ1) is 6.23. The second kappa shape index (κ2) is 2.09. The first-order valence-corrected chi connectivity index (χ1v) is 4.35. The van der Waals surface area contributed by atoms with E-state index in [1.54, 1.807) is 0 Å². The fourth-order valence-electron chi connectivity index (χ4n) is 1.60. The zero-order chi connectivity index (χ0) is 7.97. The molecule has 2 aromatic heterocycles. The molecule has 2 nitrogen and oxygen atoms in total. The van der Waals surface area contributed by atoms with E-state index in [1.807, 2.05) is 12.5 Å². The van der Waals surface area contributed by atoms with Crippen molar-refractivity contribution in [1.82, 2.24) is 9.38 Å². The van der Waals surface area contributed by atoms with Gasteiger partial charge in [0, 0.05) is 6.20 Å². The molecule has 0 N–H and O–H groups in total. The molecule has 60 valence electrons. The molecule has 0 bridgehead atoms. The molecular formula is C10H10N2. The Kier molecular flexibility index (Phi) is 1.09. The van der Waals surface area contributed by atoms with E-state index in [4.69, 9.17) is 0 Å². The molecule has 1 aliphatic carbocycles. The van der Waals surface area contributed by atoms with Crippen molar-refractivity contribution in [3.05, 3.63) is 36.4 Å². The van der Waals surface area contributed by atoms with Crippen molar-refractivity contribution in [2.75, 3.05) is 0 Å². The minimum atomic E-state index is 0.830. The van der Waals surface area contributed by atoms with E-state index in [-0.39, 0.29) is 0 Å². The number of pyridine rings is 1. The molecule has 2 aromatic rings. The highest BCUT2D eigenvalue weighted by atomic mass is 15.0. The van der Waals surface area contributed by atoms with Gasteiger partial charge in [0.15, 0.2) is 0 Å². The number of fused-ring (bicyclic) bond motifs is 1. The summed E-state index contributed by atoms with van der Waals surface area (Å²) in [6, 6.07) is 4.36. The second-order valence-electron chi connectivity index (χ2n) is 3.46. The van der Waals surface area contributed by atoms with Crippen LogP contribution >= 0.6 is 0 Å². The van der Waals surface area contributed by atoms with Gasteiger partial charge in [-0.3, -0.25) is 0 Å². The van der Waals surface area contributed by atoms with Crippen LogP contribution in [-0.4, -0.2) is 9.38 Å². The highest BCUT2D eigenvalue weighted by Gasteiger charge is 2.23. The van der Waals surface area contributed by atoms with Gasteiger partial charge in [0.2, 0.25) is 0 Å². The fourth-order valence-corrected chi connectivity index (χ4v) is 1.60. The molecule has 0 amide bonds. The monoisotopic (exact) mass is 158 g/mol. The minimum Gasteiger partial charge on any atom is -0.306 e. The lowest BCUT2D eigenvalue weighted by Gasteiger charge is -1.98. The molecule has 2 heterocycles. The van der Waals surface area contributed by atoms with Crippen molar-refractivity contribution < 1.29 is 0 Å². The van der Waals surface area contributed by atoms with Crippen molar-refractivity contribution >= 4 is 5.52 Å². The molecule has 0 spiro atoms. The Labute approximate surface area is 70.9 Å². The second-order valence-corrected chi connectivity index (χ2v) is 3.46. The number of aromatic nitrogens is 2. The number of hydrogen-bond donors (Lipinski definition) is 0. The van der Waals surface area contributed by atoms with Gasteiger partial charge in [0.05, 0.1) is 18.0 Å². The maximum Gasteiger partial charge on any atom is 0.0992 e. The molecule has 2 heteroatoms. The van der Waals surface area contributed by atoms with Gasteiger partial charge in [-0.25, -0.2) is 4.98 Å². The fraction of sp³-hybridized carbons (Fsp3) is 0.300. The molecule has 12 heavy (non-hydrogen) atoms. The quantitative estimate of drug-likeness (QED) is 0.622. The van der Waals surface area contributed by atoms with Gasteiger partial charge in [0.1, 0.15) is 0 Å². The molecular weight excluding hydrogens is 148 g/mol. The SMILES string of the molecule is c1cc2cncn2cc1C1CC1. The summed E-state index contributed by atoms with van der Waals surface area (Å²) in [6.07, 6.45) is 8.66. The highest BCUT2D eigenvalue weighted by Crippen LogP contribution is 2.39. The molecule has 1 fully saturated rings. The highest BCUT2D eigenvalue weighted by molar-refractivity contribution is 5.46. The van der Waals surface area contributed by atoms with Crippen molar-refractivity contribution in [3.63, 3.8) is 0 Å². The van der Waals surface area contributed by atoms with Crippen molar-refractivity contribution in [2.24, 2.45) is 0 Å². The number of nitrogens with zero attached hydrogens (tertiary/aromatic N) is 2. The average molecular weight is 158 g/mol. The number of hydrogen-bond acceptors (Lipinski definition) is 1. The van der Waals surface area contributed by atoms with E-state index >= 15 is 0 Å². The molecule has 0 aliphatic heterocycles. The summed E-state index contributed by atoms with van der Waals surface area (Å²) in [5, 5.41) is 0. The van der Waals surface area contributed by atoms with Gasteiger partial charge < -0.3 is 4.40 Å². The largest absolute Gasteiger partial charge is 0.306 e. The Bertz CT molecular complexity index is 412. The zero-order valence-electron chi connectivity index (χ0n) is 6.77. The molecule has 0 saturated heterocycles. The van der Waals surface area contributed by atoms with E-state index in [0.29, 0.717) is 0 Å². The summed E-state index contributed by atoms with van der Waals surface area (Å²) in [5.41, 5.74) is 2.64. The predicted octanol–water partition coefficient (Wildman–Crippen LogP) is 2.21. The van der Waals surface area contributed by atoms with E-state index in [1.165, 1.54) is 23.9 Å². The van der Waals surface area contributed by atoms with Gasteiger partial charge in [-0.15, -0.1) is 0 Å². The van der Waals surface area contributed by atoms with Crippen LogP contribution in [0.2, 0.25) is 0 Å². The summed E-state index contributed by atoms with van der Waals surface area (Å²) in [4.78, 5) is 4.09. The Morgan fingerprint density at radius 3 is 3.08 bits per heavy atom. The summed E-state index contributed by atoms with van der Waals surface area (Å²) < 4.78 is 2.09. The van der Waals surface area contributed by atoms with E-state index in [2.05, 4.69) is 27.7 Å². The first-order chi connectivity index (χ1) is 5.93. The standard InChI is InChI=1S/C10H10N2/c1-2-8(1)9-3-4-10-5-11-7-12(10)6-9/h3-8H,1-2H2. The van der Waals surface area contributed by atoms with Crippen LogP contribution in [0.4, 0.5) is 0 Å². The van der Waals surface area contributed by atoms with E-state index in [0.717, 1.165) is 5.92 Å². The predicted molar refractivity (Wildman–Crippen MR) is 47.2 cm³/mol. The summed E-state index contributed by atoms with van der Waals surface area (Å²) >= 11 is 0. The van der Waals surface area contributed by atoms with Gasteiger partial charge in [-0.2, -0.15) is 0 Å². The van der Waals surface area contributed by atoms with Gasteiger partial charge in [-0.1, -0.05) is 6.07 Å². The Morgan fingerprint density at radius 1 is 1.33 bits per heavy atom. The normalized spacial score (nSPS) is 17.0. The van der Waals surface area contributed by atoms with Crippen LogP contribution in [0.15, 0.2) is 30.9 Å². The Morgan fingerprint density at radius 2 is 2.25 bits per heavy atom. The van der Waals surface area contributed by atoms with Crippen LogP contribution in [0.25, 0.3) is 5.52 Å². The summed E-state index contributed by atoms with van der Waals surface area (Å²) in [7, 11) is 0. The third kappa shape index (κ3) is 0.843. The summed E-state index contributed by atoms with van der Waals surface area (Å²) in [5.74, 6) is 0.830. The van der Waals surface area contributed by atoms with Crippen LogP contribution in [0.5, 0.6) is 0 Å². The molecule has 3 rings (SSSR count).